The van der Waals surface area contributed by atoms with Crippen LogP contribution in [0.25, 0.3) is 0 Å². The Balaban J connectivity index is 2.44. The lowest BCUT2D eigenvalue weighted by Gasteiger charge is -2.20. The van der Waals surface area contributed by atoms with Crippen LogP contribution >= 0.6 is 23.2 Å². The summed E-state index contributed by atoms with van der Waals surface area (Å²) in [6, 6.07) is 9.50. The first-order chi connectivity index (χ1) is 8.72. The maximum Gasteiger partial charge on any atom is 0.0593 e. The van der Waals surface area contributed by atoms with E-state index in [0.29, 0.717) is 10.0 Å². The molecule has 2 rings (SSSR count). The van der Waals surface area contributed by atoms with Crippen molar-refractivity contribution in [2.75, 3.05) is 6.54 Å². The smallest absolute Gasteiger partial charge is 0.0593 e. The highest BCUT2D eigenvalue weighted by Crippen LogP contribution is 2.30. The highest BCUT2D eigenvalue weighted by Gasteiger charge is 2.16. The third-order valence-electron chi connectivity index (χ3n) is 2.72. The number of benzene rings is 1. The number of hydrogen-bond acceptors (Lipinski definition) is 2. The second kappa shape index (κ2) is 6.19. The number of rotatable bonds is 4. The molecular weight excluding hydrogens is 267 g/mol. The molecule has 0 aliphatic heterocycles. The minimum absolute atomic E-state index is 0.0317. The minimum atomic E-state index is 0.0317. The highest BCUT2D eigenvalue weighted by molar-refractivity contribution is 6.33. The van der Waals surface area contributed by atoms with E-state index in [9.17, 15) is 0 Å². The number of pyridine rings is 1. The Morgan fingerprint density at radius 2 is 1.89 bits per heavy atom. The van der Waals surface area contributed by atoms with Crippen molar-refractivity contribution in [1.82, 2.24) is 10.3 Å². The third-order valence-corrected chi connectivity index (χ3v) is 3.30. The lowest BCUT2D eigenvalue weighted by Crippen LogP contribution is -2.22. The molecule has 2 aromatic rings. The summed E-state index contributed by atoms with van der Waals surface area (Å²) in [7, 11) is 0. The summed E-state index contributed by atoms with van der Waals surface area (Å²) in [5.41, 5.74) is 2.10. The molecule has 18 heavy (non-hydrogen) atoms. The molecule has 94 valence electrons. The number of hydrogen-bond donors (Lipinski definition) is 1. The summed E-state index contributed by atoms with van der Waals surface area (Å²) >= 11 is 12.3. The van der Waals surface area contributed by atoms with Crippen LogP contribution in [-0.4, -0.2) is 11.5 Å². The van der Waals surface area contributed by atoms with Gasteiger partial charge in [0.15, 0.2) is 0 Å². The number of halogens is 2. The van der Waals surface area contributed by atoms with E-state index in [1.807, 2.05) is 24.3 Å². The Morgan fingerprint density at radius 3 is 2.56 bits per heavy atom. The van der Waals surface area contributed by atoms with Gasteiger partial charge in [0.1, 0.15) is 0 Å². The molecule has 0 spiro atoms. The summed E-state index contributed by atoms with van der Waals surface area (Å²) in [5, 5.41) is 4.81. The Morgan fingerprint density at radius 1 is 1.17 bits per heavy atom. The summed E-state index contributed by atoms with van der Waals surface area (Å²) in [6.07, 6.45) is 3.55. The fraction of sp³-hybridized carbons (Fsp3) is 0.214. The van der Waals surface area contributed by atoms with E-state index in [1.54, 1.807) is 18.5 Å². The topological polar surface area (TPSA) is 24.9 Å². The Hall–Kier alpha value is -1.09. The second-order valence-corrected chi connectivity index (χ2v) is 4.78. The van der Waals surface area contributed by atoms with Crippen LogP contribution in [0.5, 0.6) is 0 Å². The average Bonchev–Trinajstić information content (AvgIpc) is 2.40. The largest absolute Gasteiger partial charge is 0.306 e. The standard InChI is InChI=1S/C14H14Cl2N2/c1-2-18-14(10-5-7-17-8-6-10)12-9-11(15)3-4-13(12)16/h3-9,14,18H,2H2,1H3. The van der Waals surface area contributed by atoms with E-state index in [1.165, 1.54) is 0 Å². The monoisotopic (exact) mass is 280 g/mol. The van der Waals surface area contributed by atoms with Gasteiger partial charge in [-0.25, -0.2) is 0 Å². The fourth-order valence-corrected chi connectivity index (χ4v) is 2.31. The van der Waals surface area contributed by atoms with Gasteiger partial charge in [0.2, 0.25) is 0 Å². The van der Waals surface area contributed by atoms with E-state index < -0.39 is 0 Å². The Labute approximate surface area is 117 Å². The van der Waals surface area contributed by atoms with Gasteiger partial charge in [0.25, 0.3) is 0 Å². The molecule has 0 radical (unpaired) electrons. The van der Waals surface area contributed by atoms with Gasteiger partial charge in [-0.1, -0.05) is 30.1 Å². The second-order valence-electron chi connectivity index (χ2n) is 3.94. The lowest BCUT2D eigenvalue weighted by molar-refractivity contribution is 0.630. The van der Waals surface area contributed by atoms with Crippen molar-refractivity contribution in [3.8, 4) is 0 Å². The predicted molar refractivity (Wildman–Crippen MR) is 76.2 cm³/mol. The van der Waals surface area contributed by atoms with Crippen molar-refractivity contribution < 1.29 is 0 Å². The molecule has 1 unspecified atom stereocenters. The number of nitrogens with one attached hydrogen (secondary N) is 1. The molecule has 0 fully saturated rings. The molecule has 0 amide bonds. The molecule has 1 aromatic heterocycles. The lowest BCUT2D eigenvalue weighted by atomic mass is 9.99. The van der Waals surface area contributed by atoms with Gasteiger partial charge in [-0.15, -0.1) is 0 Å². The van der Waals surface area contributed by atoms with E-state index in [4.69, 9.17) is 23.2 Å². The molecule has 1 atom stereocenters. The van der Waals surface area contributed by atoms with E-state index in [0.717, 1.165) is 17.7 Å². The van der Waals surface area contributed by atoms with Crippen molar-refractivity contribution in [2.45, 2.75) is 13.0 Å². The van der Waals surface area contributed by atoms with Crippen LogP contribution in [0.4, 0.5) is 0 Å². The SMILES string of the molecule is CCNC(c1ccncc1)c1cc(Cl)ccc1Cl. The van der Waals surface area contributed by atoms with Gasteiger partial charge in [-0.05, 0) is 48.0 Å². The minimum Gasteiger partial charge on any atom is -0.306 e. The molecular formula is C14H14Cl2N2. The number of nitrogens with zero attached hydrogens (tertiary/aromatic N) is 1. The molecule has 0 saturated carbocycles. The highest BCUT2D eigenvalue weighted by atomic mass is 35.5. The van der Waals surface area contributed by atoms with Gasteiger partial charge in [-0.3, -0.25) is 4.98 Å². The molecule has 0 bridgehead atoms. The first kappa shape index (κ1) is 13.3. The van der Waals surface area contributed by atoms with Gasteiger partial charge < -0.3 is 5.32 Å². The van der Waals surface area contributed by atoms with Crippen LogP contribution in [-0.2, 0) is 0 Å². The summed E-state index contributed by atoms with van der Waals surface area (Å²) in [5.74, 6) is 0. The van der Waals surface area contributed by atoms with Crippen molar-refractivity contribution >= 4 is 23.2 Å². The van der Waals surface area contributed by atoms with Crippen molar-refractivity contribution in [1.29, 1.82) is 0 Å². The van der Waals surface area contributed by atoms with Crippen molar-refractivity contribution in [3.05, 3.63) is 63.9 Å². The van der Waals surface area contributed by atoms with Crippen LogP contribution in [0, 0.1) is 0 Å². The van der Waals surface area contributed by atoms with Crippen LogP contribution in [0.3, 0.4) is 0 Å². The first-order valence-electron chi connectivity index (χ1n) is 5.80. The molecule has 1 N–H and O–H groups in total. The van der Waals surface area contributed by atoms with Crippen LogP contribution < -0.4 is 5.32 Å². The van der Waals surface area contributed by atoms with E-state index in [-0.39, 0.29) is 6.04 Å². The summed E-state index contributed by atoms with van der Waals surface area (Å²) in [6.45, 7) is 2.91. The van der Waals surface area contributed by atoms with Gasteiger partial charge in [-0.2, -0.15) is 0 Å². The maximum atomic E-state index is 6.26. The van der Waals surface area contributed by atoms with E-state index >= 15 is 0 Å². The maximum absolute atomic E-state index is 6.26. The summed E-state index contributed by atoms with van der Waals surface area (Å²) < 4.78 is 0. The summed E-state index contributed by atoms with van der Waals surface area (Å²) in [4.78, 5) is 4.03. The van der Waals surface area contributed by atoms with E-state index in [2.05, 4.69) is 17.2 Å². The van der Waals surface area contributed by atoms with Gasteiger partial charge in [0, 0.05) is 22.4 Å². The van der Waals surface area contributed by atoms with Gasteiger partial charge >= 0.3 is 0 Å². The zero-order chi connectivity index (χ0) is 13.0. The van der Waals surface area contributed by atoms with Crippen molar-refractivity contribution in [3.63, 3.8) is 0 Å². The molecule has 4 heteroatoms. The quantitative estimate of drug-likeness (QED) is 0.913. The zero-order valence-corrected chi connectivity index (χ0v) is 11.5. The number of aromatic nitrogens is 1. The first-order valence-corrected chi connectivity index (χ1v) is 6.56. The zero-order valence-electron chi connectivity index (χ0n) is 10.0. The third kappa shape index (κ3) is 3.02. The van der Waals surface area contributed by atoms with Crippen LogP contribution in [0.15, 0.2) is 42.7 Å². The molecule has 0 aliphatic carbocycles. The fourth-order valence-electron chi connectivity index (χ4n) is 1.90. The molecule has 0 saturated heterocycles. The van der Waals surface area contributed by atoms with Crippen LogP contribution in [0.1, 0.15) is 24.1 Å². The van der Waals surface area contributed by atoms with Crippen LogP contribution in [0.2, 0.25) is 10.0 Å². The Kier molecular flexibility index (Phi) is 4.59. The normalized spacial score (nSPS) is 12.4. The molecule has 2 nitrogen and oxygen atoms in total. The predicted octanol–water partition coefficient (Wildman–Crippen LogP) is 4.09. The molecule has 1 aromatic carbocycles. The average molecular weight is 281 g/mol. The van der Waals surface area contributed by atoms with Gasteiger partial charge in [0.05, 0.1) is 6.04 Å². The molecule has 0 aliphatic rings. The molecule has 1 heterocycles. The van der Waals surface area contributed by atoms with Crippen molar-refractivity contribution in [2.24, 2.45) is 0 Å². The Bertz CT molecular complexity index is 514.